The zero-order valence-corrected chi connectivity index (χ0v) is 11.9. The molecular weight excluding hydrogens is 236 g/mol. The molecule has 3 nitrogen and oxygen atoms in total. The summed E-state index contributed by atoms with van der Waals surface area (Å²) in [5.74, 6) is 0.584. The molecule has 1 aromatic rings. The van der Waals surface area contributed by atoms with Gasteiger partial charge in [-0.05, 0) is 36.8 Å². The first-order valence-electron chi connectivity index (χ1n) is 7.36. The van der Waals surface area contributed by atoms with E-state index in [1.165, 1.54) is 24.8 Å². The fourth-order valence-corrected chi connectivity index (χ4v) is 2.81. The molecular formula is C16H24N2O. The van der Waals surface area contributed by atoms with Crippen molar-refractivity contribution in [2.45, 2.75) is 52.0 Å². The number of anilines is 1. The molecule has 1 aromatic carbocycles. The SMILES string of the molecule is CCc1ccccc1NC(=O)N[C@H]1CCCC[C@@H]1C. The summed E-state index contributed by atoms with van der Waals surface area (Å²) < 4.78 is 0. The fourth-order valence-electron chi connectivity index (χ4n) is 2.81. The van der Waals surface area contributed by atoms with E-state index in [0.717, 1.165) is 18.5 Å². The molecule has 1 aliphatic carbocycles. The van der Waals surface area contributed by atoms with Crippen molar-refractivity contribution in [1.29, 1.82) is 0 Å². The quantitative estimate of drug-likeness (QED) is 0.849. The average Bonchev–Trinajstić information content (AvgIpc) is 2.42. The molecule has 1 saturated carbocycles. The highest BCUT2D eigenvalue weighted by atomic mass is 16.2. The number of hydrogen-bond acceptors (Lipinski definition) is 1. The highest BCUT2D eigenvalue weighted by Gasteiger charge is 2.22. The molecule has 104 valence electrons. The Morgan fingerprint density at radius 2 is 2.00 bits per heavy atom. The maximum atomic E-state index is 12.1. The third-order valence-corrected chi connectivity index (χ3v) is 4.07. The first-order chi connectivity index (χ1) is 9.20. The Kier molecular flexibility index (Phi) is 4.83. The van der Waals surface area contributed by atoms with E-state index in [-0.39, 0.29) is 6.03 Å². The van der Waals surface area contributed by atoms with Gasteiger partial charge >= 0.3 is 6.03 Å². The van der Waals surface area contributed by atoms with Gasteiger partial charge in [0, 0.05) is 11.7 Å². The van der Waals surface area contributed by atoms with Gasteiger partial charge < -0.3 is 10.6 Å². The smallest absolute Gasteiger partial charge is 0.319 e. The highest BCUT2D eigenvalue weighted by Crippen LogP contribution is 2.24. The normalized spacial score (nSPS) is 22.8. The summed E-state index contributed by atoms with van der Waals surface area (Å²) in [5.41, 5.74) is 2.10. The summed E-state index contributed by atoms with van der Waals surface area (Å²) in [4.78, 5) is 12.1. The lowest BCUT2D eigenvalue weighted by atomic mass is 9.86. The lowest BCUT2D eigenvalue weighted by Crippen LogP contribution is -2.43. The first-order valence-corrected chi connectivity index (χ1v) is 7.36. The number of para-hydroxylation sites is 1. The van der Waals surface area contributed by atoms with Crippen molar-refractivity contribution in [1.82, 2.24) is 5.32 Å². The maximum absolute atomic E-state index is 12.1. The summed E-state index contributed by atoms with van der Waals surface area (Å²) in [6.07, 6.45) is 5.76. The molecule has 19 heavy (non-hydrogen) atoms. The Bertz CT molecular complexity index is 431. The summed E-state index contributed by atoms with van der Waals surface area (Å²) >= 11 is 0. The molecule has 0 saturated heterocycles. The zero-order valence-electron chi connectivity index (χ0n) is 11.9. The number of rotatable bonds is 3. The number of benzene rings is 1. The zero-order chi connectivity index (χ0) is 13.7. The van der Waals surface area contributed by atoms with Crippen molar-refractivity contribution in [3.05, 3.63) is 29.8 Å². The summed E-state index contributed by atoms with van der Waals surface area (Å²) in [7, 11) is 0. The number of carbonyl (C=O) groups is 1. The first kappa shape index (κ1) is 13.9. The van der Waals surface area contributed by atoms with E-state index in [4.69, 9.17) is 0 Å². The van der Waals surface area contributed by atoms with Crippen LogP contribution in [0, 0.1) is 5.92 Å². The van der Waals surface area contributed by atoms with E-state index in [9.17, 15) is 4.79 Å². The third kappa shape index (κ3) is 3.72. The molecule has 2 rings (SSSR count). The Hall–Kier alpha value is -1.51. The molecule has 0 radical (unpaired) electrons. The number of urea groups is 1. The topological polar surface area (TPSA) is 41.1 Å². The molecule has 1 fully saturated rings. The molecule has 0 bridgehead atoms. The minimum atomic E-state index is -0.0698. The predicted molar refractivity (Wildman–Crippen MR) is 79.4 cm³/mol. The van der Waals surface area contributed by atoms with E-state index in [1.807, 2.05) is 18.2 Å². The summed E-state index contributed by atoms with van der Waals surface area (Å²) in [6.45, 7) is 4.33. The summed E-state index contributed by atoms with van der Waals surface area (Å²) in [5, 5.41) is 6.10. The van der Waals surface area contributed by atoms with Gasteiger partial charge in [0.15, 0.2) is 0 Å². The van der Waals surface area contributed by atoms with Crippen molar-refractivity contribution in [3.63, 3.8) is 0 Å². The van der Waals surface area contributed by atoms with Crippen molar-refractivity contribution in [2.75, 3.05) is 5.32 Å². The highest BCUT2D eigenvalue weighted by molar-refractivity contribution is 5.90. The largest absolute Gasteiger partial charge is 0.335 e. The van der Waals surface area contributed by atoms with Gasteiger partial charge in [0.2, 0.25) is 0 Å². The molecule has 1 aliphatic rings. The second-order valence-corrected chi connectivity index (χ2v) is 5.48. The predicted octanol–water partition coefficient (Wildman–Crippen LogP) is 3.95. The monoisotopic (exact) mass is 260 g/mol. The number of nitrogens with one attached hydrogen (secondary N) is 2. The van der Waals surface area contributed by atoms with Crippen LogP contribution in [0.4, 0.5) is 10.5 Å². The molecule has 0 aromatic heterocycles. The second kappa shape index (κ2) is 6.60. The van der Waals surface area contributed by atoms with Crippen LogP contribution in [-0.2, 0) is 6.42 Å². The lowest BCUT2D eigenvalue weighted by molar-refractivity contribution is 0.232. The maximum Gasteiger partial charge on any atom is 0.319 e. The van der Waals surface area contributed by atoms with Crippen LogP contribution in [0.1, 0.15) is 45.1 Å². The Labute approximate surface area is 115 Å². The number of carbonyl (C=O) groups excluding carboxylic acids is 1. The molecule has 3 heteroatoms. The van der Waals surface area contributed by atoms with Crippen molar-refractivity contribution in [3.8, 4) is 0 Å². The van der Waals surface area contributed by atoms with Gasteiger partial charge in [0.1, 0.15) is 0 Å². The van der Waals surface area contributed by atoms with E-state index >= 15 is 0 Å². The van der Waals surface area contributed by atoms with Gasteiger partial charge in [0.05, 0.1) is 0 Å². The van der Waals surface area contributed by atoms with Crippen molar-refractivity contribution < 1.29 is 4.79 Å². The number of aryl methyl sites for hydroxylation is 1. The van der Waals surface area contributed by atoms with Crippen molar-refractivity contribution in [2.24, 2.45) is 5.92 Å². The van der Waals surface area contributed by atoms with Crippen LogP contribution in [-0.4, -0.2) is 12.1 Å². The lowest BCUT2D eigenvalue weighted by Gasteiger charge is -2.29. The Morgan fingerprint density at radius 3 is 2.74 bits per heavy atom. The van der Waals surface area contributed by atoms with Gasteiger partial charge in [-0.15, -0.1) is 0 Å². The van der Waals surface area contributed by atoms with Gasteiger partial charge in [-0.1, -0.05) is 44.9 Å². The molecule has 0 aliphatic heterocycles. The average molecular weight is 260 g/mol. The molecule has 0 spiro atoms. The minimum absolute atomic E-state index is 0.0698. The van der Waals surface area contributed by atoms with Crippen LogP contribution in [0.25, 0.3) is 0 Å². The molecule has 2 amide bonds. The minimum Gasteiger partial charge on any atom is -0.335 e. The van der Waals surface area contributed by atoms with Crippen LogP contribution >= 0.6 is 0 Å². The van der Waals surface area contributed by atoms with Crippen LogP contribution in [0.2, 0.25) is 0 Å². The fraction of sp³-hybridized carbons (Fsp3) is 0.562. The van der Waals surface area contributed by atoms with Crippen LogP contribution in [0.15, 0.2) is 24.3 Å². The van der Waals surface area contributed by atoms with E-state index in [2.05, 4.69) is 30.5 Å². The molecule has 0 unspecified atom stereocenters. The van der Waals surface area contributed by atoms with Crippen LogP contribution in [0.3, 0.4) is 0 Å². The van der Waals surface area contributed by atoms with Crippen LogP contribution < -0.4 is 10.6 Å². The number of hydrogen-bond donors (Lipinski definition) is 2. The van der Waals surface area contributed by atoms with Crippen molar-refractivity contribution >= 4 is 11.7 Å². The van der Waals surface area contributed by atoms with Gasteiger partial charge in [-0.3, -0.25) is 0 Å². The Morgan fingerprint density at radius 1 is 1.26 bits per heavy atom. The van der Waals surface area contributed by atoms with E-state index < -0.39 is 0 Å². The van der Waals surface area contributed by atoms with E-state index in [0.29, 0.717) is 12.0 Å². The van der Waals surface area contributed by atoms with Crippen LogP contribution in [0.5, 0.6) is 0 Å². The van der Waals surface area contributed by atoms with Gasteiger partial charge in [0.25, 0.3) is 0 Å². The third-order valence-electron chi connectivity index (χ3n) is 4.07. The van der Waals surface area contributed by atoms with E-state index in [1.54, 1.807) is 0 Å². The second-order valence-electron chi connectivity index (χ2n) is 5.48. The standard InChI is InChI=1S/C16H24N2O/c1-3-13-9-5-7-11-15(13)18-16(19)17-14-10-6-4-8-12(14)2/h5,7,9,11-12,14H,3-4,6,8,10H2,1-2H3,(H2,17,18,19)/t12-,14-/m0/s1. The van der Waals surface area contributed by atoms with Gasteiger partial charge in [-0.25, -0.2) is 4.79 Å². The molecule has 2 N–H and O–H groups in total. The number of amides is 2. The molecule has 2 atom stereocenters. The Balaban J connectivity index is 1.93. The molecule has 0 heterocycles. The van der Waals surface area contributed by atoms with Gasteiger partial charge in [-0.2, -0.15) is 0 Å². The summed E-state index contributed by atoms with van der Waals surface area (Å²) in [6, 6.07) is 8.23.